The maximum atomic E-state index is 12.2. The van der Waals surface area contributed by atoms with E-state index in [1.807, 2.05) is 0 Å². The van der Waals surface area contributed by atoms with Gasteiger partial charge in [-0.25, -0.2) is 9.97 Å². The van der Waals surface area contributed by atoms with Crippen LogP contribution in [0.3, 0.4) is 0 Å². The maximum absolute atomic E-state index is 12.2. The lowest BCUT2D eigenvalue weighted by Gasteiger charge is -2.18. The molecule has 0 fully saturated rings. The molecule has 1 aromatic carbocycles. The van der Waals surface area contributed by atoms with E-state index in [2.05, 4.69) is 20.0 Å². The summed E-state index contributed by atoms with van der Waals surface area (Å²) in [6, 6.07) is 5.17. The summed E-state index contributed by atoms with van der Waals surface area (Å²) in [5, 5.41) is 12.8. The van der Waals surface area contributed by atoms with Crippen molar-refractivity contribution in [3.8, 4) is 5.75 Å². The molecule has 0 aliphatic heterocycles. The second-order valence-electron chi connectivity index (χ2n) is 5.08. The van der Waals surface area contributed by atoms with Crippen molar-refractivity contribution < 1.29 is 23.0 Å². The predicted molar refractivity (Wildman–Crippen MR) is 82.8 cm³/mol. The summed E-state index contributed by atoms with van der Waals surface area (Å²) in [5.74, 6) is 0.0283. The molecule has 0 bridgehead atoms. The first-order valence-corrected chi connectivity index (χ1v) is 7.36. The van der Waals surface area contributed by atoms with Gasteiger partial charge in [-0.1, -0.05) is 23.7 Å². The molecule has 2 rings (SSSR count). The smallest absolute Gasteiger partial charge is 0.406 e. The van der Waals surface area contributed by atoms with Gasteiger partial charge < -0.3 is 15.2 Å². The first kappa shape index (κ1) is 18.3. The average molecular weight is 362 g/mol. The highest BCUT2D eigenvalue weighted by Gasteiger charge is 2.31. The van der Waals surface area contributed by atoms with Crippen molar-refractivity contribution in [1.29, 1.82) is 0 Å². The van der Waals surface area contributed by atoms with Gasteiger partial charge in [0.1, 0.15) is 22.9 Å². The minimum Gasteiger partial charge on any atom is -0.406 e. The number of alkyl halides is 3. The van der Waals surface area contributed by atoms with Crippen LogP contribution in [0.25, 0.3) is 0 Å². The SMILES string of the molecule is CC(O)c1ncnc(NC(C)c2ccc(OC(F)(F)F)cc2)c1Cl. The summed E-state index contributed by atoms with van der Waals surface area (Å²) in [7, 11) is 0. The van der Waals surface area contributed by atoms with Gasteiger partial charge in [-0.15, -0.1) is 13.2 Å². The summed E-state index contributed by atoms with van der Waals surface area (Å²) >= 11 is 6.14. The number of nitrogens with one attached hydrogen (secondary N) is 1. The standard InChI is InChI=1S/C15H15ClF3N3O2/c1-8(10-3-5-11(6-4-10)24-15(17,18)19)22-14-12(16)13(9(2)23)20-7-21-14/h3-9,23H,1-2H3,(H,20,21,22). The van der Waals surface area contributed by atoms with Crippen LogP contribution in [0.15, 0.2) is 30.6 Å². The Morgan fingerprint density at radius 1 is 1.17 bits per heavy atom. The van der Waals surface area contributed by atoms with E-state index in [0.717, 1.165) is 0 Å². The molecule has 24 heavy (non-hydrogen) atoms. The van der Waals surface area contributed by atoms with Crippen molar-refractivity contribution in [3.63, 3.8) is 0 Å². The molecule has 0 aliphatic carbocycles. The molecular weight excluding hydrogens is 347 g/mol. The van der Waals surface area contributed by atoms with Crippen LogP contribution in [0.5, 0.6) is 5.75 Å². The monoisotopic (exact) mass is 361 g/mol. The second kappa shape index (κ2) is 7.23. The van der Waals surface area contributed by atoms with Crippen molar-refractivity contribution >= 4 is 17.4 Å². The van der Waals surface area contributed by atoms with Crippen molar-refractivity contribution in [1.82, 2.24) is 9.97 Å². The molecule has 2 atom stereocenters. The van der Waals surface area contributed by atoms with Crippen LogP contribution in [0.2, 0.25) is 5.02 Å². The zero-order chi connectivity index (χ0) is 17.9. The van der Waals surface area contributed by atoms with Gasteiger partial charge in [-0.05, 0) is 31.5 Å². The molecule has 1 heterocycles. The largest absolute Gasteiger partial charge is 0.573 e. The zero-order valence-corrected chi connectivity index (χ0v) is 13.6. The normalized spacial score (nSPS) is 14.1. The Morgan fingerprint density at radius 3 is 2.33 bits per heavy atom. The number of aliphatic hydroxyl groups is 1. The zero-order valence-electron chi connectivity index (χ0n) is 12.8. The lowest BCUT2D eigenvalue weighted by Crippen LogP contribution is -2.17. The Hall–Kier alpha value is -2.06. The molecule has 0 spiro atoms. The van der Waals surface area contributed by atoms with Crippen LogP contribution in [0.1, 0.15) is 37.3 Å². The van der Waals surface area contributed by atoms with Gasteiger partial charge in [0, 0.05) is 6.04 Å². The Morgan fingerprint density at radius 2 is 1.79 bits per heavy atom. The van der Waals surface area contributed by atoms with Gasteiger partial charge in [-0.2, -0.15) is 0 Å². The van der Waals surface area contributed by atoms with Crippen molar-refractivity contribution in [2.24, 2.45) is 0 Å². The fraction of sp³-hybridized carbons (Fsp3) is 0.333. The molecule has 5 nitrogen and oxygen atoms in total. The van der Waals surface area contributed by atoms with Crippen LogP contribution in [-0.4, -0.2) is 21.4 Å². The molecule has 0 saturated heterocycles. The number of rotatable bonds is 5. The summed E-state index contributed by atoms with van der Waals surface area (Å²) in [6.07, 6.45) is -4.31. The minimum atomic E-state index is -4.72. The highest BCUT2D eigenvalue weighted by atomic mass is 35.5. The number of benzene rings is 1. The third kappa shape index (κ3) is 4.72. The average Bonchev–Trinajstić information content (AvgIpc) is 2.48. The number of ether oxygens (including phenoxy) is 1. The lowest BCUT2D eigenvalue weighted by atomic mass is 10.1. The van der Waals surface area contributed by atoms with E-state index in [4.69, 9.17) is 11.6 Å². The summed E-state index contributed by atoms with van der Waals surface area (Å²) in [4.78, 5) is 7.92. The van der Waals surface area contributed by atoms with E-state index < -0.39 is 12.5 Å². The third-order valence-electron chi connectivity index (χ3n) is 3.18. The van der Waals surface area contributed by atoms with Gasteiger partial charge in [0.05, 0.1) is 11.8 Å². The molecule has 2 unspecified atom stereocenters. The van der Waals surface area contributed by atoms with Crippen molar-refractivity contribution in [2.45, 2.75) is 32.4 Å². The summed E-state index contributed by atoms with van der Waals surface area (Å²) in [5.41, 5.74) is 0.994. The number of nitrogens with zero attached hydrogens (tertiary/aromatic N) is 2. The third-order valence-corrected chi connectivity index (χ3v) is 3.55. The van der Waals surface area contributed by atoms with Gasteiger partial charge in [0.15, 0.2) is 0 Å². The number of aromatic nitrogens is 2. The van der Waals surface area contributed by atoms with E-state index in [0.29, 0.717) is 11.4 Å². The molecule has 130 valence electrons. The molecule has 9 heteroatoms. The number of anilines is 1. The minimum absolute atomic E-state index is 0.191. The Kier molecular flexibility index (Phi) is 5.51. The van der Waals surface area contributed by atoms with Crippen LogP contribution in [0, 0.1) is 0 Å². The second-order valence-corrected chi connectivity index (χ2v) is 5.46. The fourth-order valence-electron chi connectivity index (χ4n) is 2.02. The van der Waals surface area contributed by atoms with Gasteiger partial charge in [0.2, 0.25) is 0 Å². The van der Waals surface area contributed by atoms with Crippen LogP contribution < -0.4 is 10.1 Å². The molecule has 2 aromatic rings. The van der Waals surface area contributed by atoms with E-state index in [9.17, 15) is 18.3 Å². The van der Waals surface area contributed by atoms with Crippen molar-refractivity contribution in [3.05, 3.63) is 46.9 Å². The Balaban J connectivity index is 2.13. The van der Waals surface area contributed by atoms with Gasteiger partial charge in [0.25, 0.3) is 0 Å². The first-order valence-electron chi connectivity index (χ1n) is 6.98. The Bertz CT molecular complexity index is 693. The number of halogens is 4. The summed E-state index contributed by atoms with van der Waals surface area (Å²) < 4.78 is 40.3. The van der Waals surface area contributed by atoms with Crippen LogP contribution >= 0.6 is 11.6 Å². The molecule has 2 N–H and O–H groups in total. The molecular formula is C15H15ClF3N3O2. The van der Waals surface area contributed by atoms with Gasteiger partial charge in [-0.3, -0.25) is 0 Å². The van der Waals surface area contributed by atoms with E-state index >= 15 is 0 Å². The van der Waals surface area contributed by atoms with E-state index in [1.54, 1.807) is 6.92 Å². The Labute approximate surface area is 141 Å². The van der Waals surface area contributed by atoms with Crippen LogP contribution in [-0.2, 0) is 0 Å². The van der Waals surface area contributed by atoms with E-state index in [-0.39, 0.29) is 22.5 Å². The molecule has 0 radical (unpaired) electrons. The predicted octanol–water partition coefficient (Wildman–Crippen LogP) is 4.26. The number of aliphatic hydroxyl groups excluding tert-OH is 1. The highest BCUT2D eigenvalue weighted by molar-refractivity contribution is 6.33. The topological polar surface area (TPSA) is 67.3 Å². The number of hydrogen-bond donors (Lipinski definition) is 2. The molecule has 0 saturated carbocycles. The van der Waals surface area contributed by atoms with Crippen LogP contribution in [0.4, 0.5) is 19.0 Å². The summed E-state index contributed by atoms with van der Waals surface area (Å²) in [6.45, 7) is 3.32. The maximum Gasteiger partial charge on any atom is 0.573 e. The van der Waals surface area contributed by atoms with Gasteiger partial charge >= 0.3 is 6.36 Å². The molecule has 0 amide bonds. The fourth-order valence-corrected chi connectivity index (χ4v) is 2.33. The molecule has 0 aliphatic rings. The first-order chi connectivity index (χ1) is 11.2. The highest BCUT2D eigenvalue weighted by Crippen LogP contribution is 2.30. The van der Waals surface area contributed by atoms with Crippen molar-refractivity contribution in [2.75, 3.05) is 5.32 Å². The number of hydrogen-bond acceptors (Lipinski definition) is 5. The lowest BCUT2D eigenvalue weighted by molar-refractivity contribution is -0.274. The quantitative estimate of drug-likeness (QED) is 0.833. The van der Waals surface area contributed by atoms with E-state index in [1.165, 1.54) is 37.5 Å². The molecule has 1 aromatic heterocycles.